The smallest absolute Gasteiger partial charge is 0.250 e. The van der Waals surface area contributed by atoms with Gasteiger partial charge in [0.1, 0.15) is 0 Å². The summed E-state index contributed by atoms with van der Waals surface area (Å²) < 4.78 is 5.10. The Hall–Kier alpha value is -1.03. The number of aliphatic hydroxyl groups excluding tert-OH is 1. The molecule has 0 aromatic heterocycles. The summed E-state index contributed by atoms with van der Waals surface area (Å²) >= 11 is 0. The van der Waals surface area contributed by atoms with Crippen molar-refractivity contribution < 1.29 is 14.6 Å². The monoisotopic (exact) mass is 185 g/mol. The Kier molecular flexibility index (Phi) is 3.76. The molecule has 1 rings (SSSR count). The molecule has 0 saturated carbocycles. The van der Waals surface area contributed by atoms with Gasteiger partial charge in [-0.2, -0.15) is 0 Å². The van der Waals surface area contributed by atoms with Crippen molar-refractivity contribution in [3.05, 3.63) is 11.8 Å². The zero-order valence-electron chi connectivity index (χ0n) is 7.82. The van der Waals surface area contributed by atoms with Crippen LogP contribution in [0.5, 0.6) is 0 Å². The maximum atomic E-state index is 11.4. The third kappa shape index (κ3) is 3.06. The molecule has 1 aliphatic heterocycles. The number of hydrogen-bond donors (Lipinski definition) is 1. The highest BCUT2D eigenvalue weighted by Crippen LogP contribution is 2.01. The minimum absolute atomic E-state index is 0.123. The number of hydrogen-bond acceptors (Lipinski definition) is 3. The van der Waals surface area contributed by atoms with Crippen molar-refractivity contribution >= 4 is 5.91 Å². The van der Waals surface area contributed by atoms with Gasteiger partial charge < -0.3 is 14.7 Å². The molecule has 0 spiro atoms. The average Bonchev–Trinajstić information content (AvgIpc) is 2.19. The van der Waals surface area contributed by atoms with E-state index in [2.05, 4.69) is 0 Å². The first-order valence-electron chi connectivity index (χ1n) is 4.50. The van der Waals surface area contributed by atoms with E-state index in [0.717, 1.165) is 0 Å². The molecule has 1 heterocycles. The molecule has 4 heteroatoms. The van der Waals surface area contributed by atoms with Gasteiger partial charge in [0.05, 0.1) is 19.0 Å². The molecule has 0 bridgehead atoms. The fraction of sp³-hybridized carbons (Fsp3) is 0.667. The largest absolute Gasteiger partial charge is 0.512 e. The fourth-order valence-corrected chi connectivity index (χ4v) is 1.12. The molecule has 1 amide bonds. The third-order valence-corrected chi connectivity index (χ3v) is 1.98. The highest BCUT2D eigenvalue weighted by atomic mass is 16.5. The molecule has 0 aromatic carbocycles. The van der Waals surface area contributed by atoms with Gasteiger partial charge in [0.25, 0.3) is 0 Å². The maximum Gasteiger partial charge on any atom is 0.250 e. The zero-order valence-corrected chi connectivity index (χ0v) is 7.82. The molecule has 13 heavy (non-hydrogen) atoms. The lowest BCUT2D eigenvalue weighted by molar-refractivity contribution is -0.130. The molecule has 74 valence electrons. The van der Waals surface area contributed by atoms with Crippen LogP contribution in [0.25, 0.3) is 0 Å². The van der Waals surface area contributed by atoms with E-state index in [9.17, 15) is 4.79 Å². The number of carbonyl (C=O) groups excluding carboxylic acids is 1. The minimum atomic E-state index is -0.123. The number of amides is 1. The second-order valence-corrected chi connectivity index (χ2v) is 2.93. The molecule has 0 aromatic rings. The van der Waals surface area contributed by atoms with Crippen molar-refractivity contribution in [3.8, 4) is 0 Å². The van der Waals surface area contributed by atoms with E-state index in [4.69, 9.17) is 9.84 Å². The van der Waals surface area contributed by atoms with E-state index < -0.39 is 0 Å². The predicted molar refractivity (Wildman–Crippen MR) is 48.4 cm³/mol. The van der Waals surface area contributed by atoms with E-state index in [1.54, 1.807) is 11.8 Å². The molecule has 0 atom stereocenters. The number of nitrogens with zero attached hydrogens (tertiary/aromatic N) is 1. The zero-order chi connectivity index (χ0) is 9.68. The first-order valence-corrected chi connectivity index (χ1v) is 4.50. The van der Waals surface area contributed by atoms with Crippen LogP contribution in [-0.4, -0.2) is 42.2 Å². The van der Waals surface area contributed by atoms with Crippen LogP contribution in [-0.2, 0) is 9.53 Å². The van der Waals surface area contributed by atoms with Crippen molar-refractivity contribution in [3.63, 3.8) is 0 Å². The summed E-state index contributed by atoms with van der Waals surface area (Å²) in [4.78, 5) is 13.1. The number of rotatable bonds is 2. The van der Waals surface area contributed by atoms with Crippen LogP contribution in [0.1, 0.15) is 13.3 Å². The second kappa shape index (κ2) is 4.87. The van der Waals surface area contributed by atoms with Gasteiger partial charge in [0.15, 0.2) is 0 Å². The van der Waals surface area contributed by atoms with Crippen molar-refractivity contribution in [2.45, 2.75) is 13.3 Å². The van der Waals surface area contributed by atoms with Gasteiger partial charge in [-0.15, -0.1) is 0 Å². The molecule has 1 N–H and O–H groups in total. The Morgan fingerprint density at radius 1 is 1.54 bits per heavy atom. The summed E-state index contributed by atoms with van der Waals surface area (Å²) in [6, 6.07) is 0. The molecule has 4 nitrogen and oxygen atoms in total. The number of ether oxygens (including phenoxy) is 1. The van der Waals surface area contributed by atoms with Gasteiger partial charge in [-0.05, 0) is 0 Å². The van der Waals surface area contributed by atoms with Crippen LogP contribution in [0.15, 0.2) is 11.8 Å². The van der Waals surface area contributed by atoms with Gasteiger partial charge in [0, 0.05) is 25.6 Å². The quantitative estimate of drug-likeness (QED) is 0.509. The molecule has 1 saturated heterocycles. The number of aliphatic hydroxyl groups is 1. The van der Waals surface area contributed by atoms with E-state index in [1.807, 2.05) is 0 Å². The summed E-state index contributed by atoms with van der Waals surface area (Å²) in [5.74, 6) is 0.0131. The van der Waals surface area contributed by atoms with Crippen LogP contribution >= 0.6 is 0 Å². The lowest BCUT2D eigenvalue weighted by Gasteiger charge is -2.25. The van der Waals surface area contributed by atoms with Crippen molar-refractivity contribution in [1.29, 1.82) is 0 Å². The van der Waals surface area contributed by atoms with E-state index in [1.165, 1.54) is 6.08 Å². The van der Waals surface area contributed by atoms with Crippen LogP contribution < -0.4 is 0 Å². The highest BCUT2D eigenvalue weighted by molar-refractivity contribution is 5.88. The maximum absolute atomic E-state index is 11.4. The summed E-state index contributed by atoms with van der Waals surface area (Å²) in [5.41, 5.74) is 0. The van der Waals surface area contributed by atoms with Crippen molar-refractivity contribution in [2.75, 3.05) is 26.3 Å². The number of morpholine rings is 1. The second-order valence-electron chi connectivity index (χ2n) is 2.93. The summed E-state index contributed by atoms with van der Waals surface area (Å²) in [6.07, 6.45) is 1.78. The van der Waals surface area contributed by atoms with Gasteiger partial charge in [0.2, 0.25) is 5.91 Å². The molecule has 1 fully saturated rings. The Morgan fingerprint density at radius 2 is 2.15 bits per heavy atom. The molecular weight excluding hydrogens is 170 g/mol. The SMILES string of the molecule is CCC(O)=CC(=O)N1CCOCC1. The van der Waals surface area contributed by atoms with Gasteiger partial charge in [-0.3, -0.25) is 4.79 Å². The topological polar surface area (TPSA) is 49.8 Å². The highest BCUT2D eigenvalue weighted by Gasteiger charge is 2.14. The average molecular weight is 185 g/mol. The molecular formula is C9H15NO3. The number of allylic oxidation sites excluding steroid dienone is 1. The Labute approximate surface area is 77.8 Å². The Morgan fingerprint density at radius 3 is 2.69 bits per heavy atom. The lowest BCUT2D eigenvalue weighted by Crippen LogP contribution is -2.39. The van der Waals surface area contributed by atoms with Crippen molar-refractivity contribution in [2.24, 2.45) is 0 Å². The molecule has 0 aliphatic carbocycles. The molecule has 0 unspecified atom stereocenters. The van der Waals surface area contributed by atoms with E-state index in [-0.39, 0.29) is 11.7 Å². The van der Waals surface area contributed by atoms with Crippen LogP contribution in [0.2, 0.25) is 0 Å². The number of carbonyl (C=O) groups is 1. The van der Waals surface area contributed by atoms with Gasteiger partial charge >= 0.3 is 0 Å². The summed E-state index contributed by atoms with van der Waals surface area (Å²) in [5, 5.41) is 9.14. The van der Waals surface area contributed by atoms with Crippen LogP contribution in [0.4, 0.5) is 0 Å². The van der Waals surface area contributed by atoms with E-state index >= 15 is 0 Å². The lowest BCUT2D eigenvalue weighted by atomic mass is 10.3. The normalized spacial score (nSPS) is 18.8. The Bertz CT molecular complexity index is 207. The predicted octanol–water partition coefficient (Wildman–Crippen LogP) is 0.697. The first kappa shape index (κ1) is 10.1. The van der Waals surface area contributed by atoms with Gasteiger partial charge in [-0.25, -0.2) is 0 Å². The minimum Gasteiger partial charge on any atom is -0.512 e. The Balaban J connectivity index is 2.46. The standard InChI is InChI=1S/C9H15NO3/c1-2-8(11)7-9(12)10-3-5-13-6-4-10/h7,11H,2-6H2,1H3. The third-order valence-electron chi connectivity index (χ3n) is 1.98. The van der Waals surface area contributed by atoms with Crippen molar-refractivity contribution in [1.82, 2.24) is 4.90 Å². The fourth-order valence-electron chi connectivity index (χ4n) is 1.12. The molecule has 0 radical (unpaired) electrons. The first-order chi connectivity index (χ1) is 6.24. The summed E-state index contributed by atoms with van der Waals surface area (Å²) in [7, 11) is 0. The van der Waals surface area contributed by atoms with Crippen LogP contribution in [0, 0.1) is 0 Å². The van der Waals surface area contributed by atoms with E-state index in [0.29, 0.717) is 32.7 Å². The van der Waals surface area contributed by atoms with Gasteiger partial charge in [-0.1, -0.05) is 6.92 Å². The molecule has 1 aliphatic rings. The van der Waals surface area contributed by atoms with Crippen LogP contribution in [0.3, 0.4) is 0 Å². The summed E-state index contributed by atoms with van der Waals surface area (Å²) in [6.45, 7) is 4.22.